The molecule has 1 aliphatic rings. The van der Waals surface area contributed by atoms with E-state index < -0.39 is 0 Å². The Kier molecular flexibility index (Phi) is 6.78. The number of nitrogens with zero attached hydrogens (tertiary/aromatic N) is 4. The molecule has 236 valence electrons. The van der Waals surface area contributed by atoms with E-state index in [4.69, 9.17) is 15.0 Å². The Morgan fingerprint density at radius 3 is 1.98 bits per heavy atom. The van der Waals surface area contributed by atoms with E-state index in [1.165, 1.54) is 53.1 Å². The van der Waals surface area contributed by atoms with Crippen LogP contribution in [0.4, 0.5) is 0 Å². The Morgan fingerprint density at radius 1 is 0.460 bits per heavy atom. The van der Waals surface area contributed by atoms with Gasteiger partial charge in [0.2, 0.25) is 0 Å². The van der Waals surface area contributed by atoms with Gasteiger partial charge < -0.3 is 4.57 Å². The highest BCUT2D eigenvalue weighted by atomic mass is 32.1. The zero-order chi connectivity index (χ0) is 33.0. The Hall–Kier alpha value is -6.17. The topological polar surface area (TPSA) is 43.6 Å². The molecule has 4 nitrogen and oxygen atoms in total. The molecule has 0 bridgehead atoms. The van der Waals surface area contributed by atoms with E-state index in [2.05, 4.69) is 144 Å². The first kappa shape index (κ1) is 28.8. The number of para-hydroxylation sites is 1. The molecule has 0 radical (unpaired) electrons. The lowest BCUT2D eigenvalue weighted by atomic mass is 10.0. The third kappa shape index (κ3) is 4.86. The standard InChI is InChI=1S/C45H30N4S/c1-4-12-29(13-5-1)32-20-24-40-37(26-32)35-18-10-11-19-39(35)49(40)34-22-23-36-38-27-33(21-25-41(38)50-42(36)28-34)45-47-43(30-14-6-2-7-15-30)46-44(48-45)31-16-8-3-9-17-31/h1-2,4-8,10-28H,3,9H2. The maximum Gasteiger partial charge on any atom is 0.164 e. The summed E-state index contributed by atoms with van der Waals surface area (Å²) in [7, 11) is 0. The Labute approximate surface area is 293 Å². The van der Waals surface area contributed by atoms with Gasteiger partial charge in [0.05, 0.1) is 11.0 Å². The minimum Gasteiger partial charge on any atom is -0.309 e. The van der Waals surface area contributed by atoms with Crippen LogP contribution in [0.1, 0.15) is 18.7 Å². The van der Waals surface area contributed by atoms with Crippen molar-refractivity contribution in [3.8, 4) is 39.6 Å². The van der Waals surface area contributed by atoms with Gasteiger partial charge in [-0.05, 0) is 72.5 Å². The molecule has 6 aromatic carbocycles. The smallest absolute Gasteiger partial charge is 0.164 e. The molecule has 0 unspecified atom stereocenters. The normalized spacial score (nSPS) is 13.1. The van der Waals surface area contributed by atoms with Crippen LogP contribution in [0.25, 0.3) is 87.1 Å². The fourth-order valence-corrected chi connectivity index (χ4v) is 8.35. The second-order valence-electron chi connectivity index (χ2n) is 12.8. The molecule has 5 heteroatoms. The van der Waals surface area contributed by atoms with Gasteiger partial charge in [-0.3, -0.25) is 0 Å². The summed E-state index contributed by atoms with van der Waals surface area (Å²) in [6, 6.07) is 49.8. The lowest BCUT2D eigenvalue weighted by molar-refractivity contribution is 1.01. The Balaban J connectivity index is 1.10. The summed E-state index contributed by atoms with van der Waals surface area (Å²) in [5.41, 5.74) is 9.04. The van der Waals surface area contributed by atoms with Crippen LogP contribution >= 0.6 is 11.3 Å². The van der Waals surface area contributed by atoms with Crippen molar-refractivity contribution >= 4 is 58.9 Å². The minimum absolute atomic E-state index is 0.687. The second-order valence-corrected chi connectivity index (χ2v) is 13.8. The number of benzene rings is 6. The first-order valence-corrected chi connectivity index (χ1v) is 17.8. The van der Waals surface area contributed by atoms with Gasteiger partial charge in [0.25, 0.3) is 0 Å². The summed E-state index contributed by atoms with van der Waals surface area (Å²) in [6.45, 7) is 0. The van der Waals surface area contributed by atoms with Crippen molar-refractivity contribution in [1.82, 2.24) is 19.5 Å². The number of aromatic nitrogens is 4. The molecule has 0 amide bonds. The number of hydrogen-bond acceptors (Lipinski definition) is 4. The maximum atomic E-state index is 5.01. The average molecular weight is 659 g/mol. The molecule has 0 atom stereocenters. The van der Waals surface area contributed by atoms with Crippen LogP contribution in [0.15, 0.2) is 158 Å². The van der Waals surface area contributed by atoms with Crippen LogP contribution in [0, 0.1) is 0 Å². The first-order chi connectivity index (χ1) is 24.8. The molecule has 10 rings (SSSR count). The molecule has 0 N–H and O–H groups in total. The molecule has 50 heavy (non-hydrogen) atoms. The lowest BCUT2D eigenvalue weighted by Gasteiger charge is -2.10. The zero-order valence-electron chi connectivity index (χ0n) is 27.1. The van der Waals surface area contributed by atoms with E-state index in [0.717, 1.165) is 35.2 Å². The number of fused-ring (bicyclic) bond motifs is 6. The molecule has 1 aliphatic carbocycles. The van der Waals surface area contributed by atoms with Gasteiger partial charge in [-0.2, -0.15) is 0 Å². The zero-order valence-corrected chi connectivity index (χ0v) is 27.9. The fourth-order valence-electron chi connectivity index (χ4n) is 7.24. The molecule has 0 spiro atoms. The highest BCUT2D eigenvalue weighted by molar-refractivity contribution is 7.25. The molecular weight excluding hydrogens is 629 g/mol. The van der Waals surface area contributed by atoms with E-state index in [9.17, 15) is 0 Å². The molecule has 9 aromatic rings. The van der Waals surface area contributed by atoms with Crippen molar-refractivity contribution in [3.05, 3.63) is 164 Å². The SMILES string of the molecule is C1=CC(c2nc(-c3ccccc3)nc(-c3ccc4sc5cc(-n6c7ccccc7c7cc(-c8ccccc8)ccc76)ccc5c4c3)n2)=CCC1. The van der Waals surface area contributed by atoms with E-state index in [1.807, 2.05) is 29.5 Å². The van der Waals surface area contributed by atoms with Crippen molar-refractivity contribution in [2.45, 2.75) is 12.8 Å². The number of rotatable bonds is 5. The summed E-state index contributed by atoms with van der Waals surface area (Å²) in [6.07, 6.45) is 8.58. The summed E-state index contributed by atoms with van der Waals surface area (Å²) in [5.74, 6) is 2.09. The predicted molar refractivity (Wildman–Crippen MR) is 210 cm³/mol. The molecular formula is C45H30N4S. The van der Waals surface area contributed by atoms with Gasteiger partial charge in [0.1, 0.15) is 0 Å². The predicted octanol–water partition coefficient (Wildman–Crippen LogP) is 12.1. The van der Waals surface area contributed by atoms with Gasteiger partial charge in [-0.25, -0.2) is 15.0 Å². The van der Waals surface area contributed by atoms with Crippen molar-refractivity contribution in [3.63, 3.8) is 0 Å². The highest BCUT2D eigenvalue weighted by Gasteiger charge is 2.17. The monoisotopic (exact) mass is 658 g/mol. The average Bonchev–Trinajstić information content (AvgIpc) is 3.73. The third-order valence-electron chi connectivity index (χ3n) is 9.67. The number of hydrogen-bond donors (Lipinski definition) is 0. The first-order valence-electron chi connectivity index (χ1n) is 17.0. The maximum absolute atomic E-state index is 5.01. The van der Waals surface area contributed by atoms with Crippen molar-refractivity contribution in [2.75, 3.05) is 0 Å². The number of thiophene rings is 1. The van der Waals surface area contributed by atoms with E-state index >= 15 is 0 Å². The number of allylic oxidation sites excluding steroid dienone is 4. The fraction of sp³-hybridized carbons (Fsp3) is 0.0444. The minimum atomic E-state index is 0.687. The molecule has 0 fully saturated rings. The summed E-state index contributed by atoms with van der Waals surface area (Å²) in [5, 5.41) is 4.96. The van der Waals surface area contributed by atoms with Gasteiger partial charge in [-0.1, -0.05) is 109 Å². The quantitative estimate of drug-likeness (QED) is 0.185. The van der Waals surface area contributed by atoms with E-state index in [0.29, 0.717) is 17.5 Å². The van der Waals surface area contributed by atoms with Crippen LogP contribution < -0.4 is 0 Å². The molecule has 0 saturated carbocycles. The largest absolute Gasteiger partial charge is 0.309 e. The van der Waals surface area contributed by atoms with Crippen molar-refractivity contribution < 1.29 is 0 Å². The molecule has 3 aromatic heterocycles. The molecule has 3 heterocycles. The Bertz CT molecular complexity index is 2810. The van der Waals surface area contributed by atoms with Crippen molar-refractivity contribution in [2.24, 2.45) is 0 Å². The molecule has 0 saturated heterocycles. The Morgan fingerprint density at radius 2 is 1.16 bits per heavy atom. The van der Waals surface area contributed by atoms with Crippen LogP contribution in [0.3, 0.4) is 0 Å². The highest BCUT2D eigenvalue weighted by Crippen LogP contribution is 2.40. The van der Waals surface area contributed by atoms with E-state index in [-0.39, 0.29) is 0 Å². The van der Waals surface area contributed by atoms with Crippen LogP contribution in [0.2, 0.25) is 0 Å². The van der Waals surface area contributed by atoms with Crippen LogP contribution in [0.5, 0.6) is 0 Å². The van der Waals surface area contributed by atoms with Gasteiger partial charge in [-0.15, -0.1) is 11.3 Å². The van der Waals surface area contributed by atoms with Crippen LogP contribution in [-0.4, -0.2) is 19.5 Å². The van der Waals surface area contributed by atoms with Gasteiger partial charge >= 0.3 is 0 Å². The van der Waals surface area contributed by atoms with Gasteiger partial charge in [0.15, 0.2) is 17.5 Å². The van der Waals surface area contributed by atoms with E-state index in [1.54, 1.807) is 0 Å². The summed E-state index contributed by atoms with van der Waals surface area (Å²) >= 11 is 1.83. The van der Waals surface area contributed by atoms with Crippen molar-refractivity contribution in [1.29, 1.82) is 0 Å². The second kappa shape index (κ2) is 11.8. The lowest BCUT2D eigenvalue weighted by Crippen LogP contribution is -2.03. The summed E-state index contributed by atoms with van der Waals surface area (Å²) < 4.78 is 4.90. The third-order valence-corrected chi connectivity index (χ3v) is 10.8. The van der Waals surface area contributed by atoms with Crippen LogP contribution in [-0.2, 0) is 0 Å². The van der Waals surface area contributed by atoms with Gasteiger partial charge in [0, 0.05) is 53.3 Å². The summed E-state index contributed by atoms with van der Waals surface area (Å²) in [4.78, 5) is 14.9. The molecule has 0 aliphatic heterocycles.